The molecule has 1 aliphatic heterocycles. The third-order valence-electron chi connectivity index (χ3n) is 5.31. The van der Waals surface area contributed by atoms with Gasteiger partial charge in [-0.1, -0.05) is 18.2 Å². The van der Waals surface area contributed by atoms with Crippen LogP contribution < -0.4 is 0 Å². The van der Waals surface area contributed by atoms with E-state index in [1.807, 2.05) is 12.1 Å². The maximum Gasteiger partial charge on any atom is 0.335 e. The summed E-state index contributed by atoms with van der Waals surface area (Å²) in [7, 11) is 0. The summed E-state index contributed by atoms with van der Waals surface area (Å²) in [5, 5.41) is 10.4. The lowest BCUT2D eigenvalue weighted by Gasteiger charge is -2.13. The van der Waals surface area contributed by atoms with Gasteiger partial charge in [-0.2, -0.15) is 0 Å². The molecular formula is C22H24N2O2. The van der Waals surface area contributed by atoms with Crippen LogP contribution in [-0.2, 0) is 6.42 Å². The van der Waals surface area contributed by atoms with Gasteiger partial charge in [-0.25, -0.2) is 4.79 Å². The first-order chi connectivity index (χ1) is 12.7. The molecule has 0 radical (unpaired) electrons. The third kappa shape index (κ3) is 3.37. The Kier molecular flexibility index (Phi) is 4.76. The highest BCUT2D eigenvalue weighted by Crippen LogP contribution is 2.26. The van der Waals surface area contributed by atoms with Crippen LogP contribution in [0.3, 0.4) is 0 Å². The lowest BCUT2D eigenvalue weighted by molar-refractivity contribution is 0.0697. The summed E-state index contributed by atoms with van der Waals surface area (Å²) in [4.78, 5) is 13.6. The molecule has 26 heavy (non-hydrogen) atoms. The Hall–Kier alpha value is -2.59. The lowest BCUT2D eigenvalue weighted by Crippen LogP contribution is -2.20. The van der Waals surface area contributed by atoms with Crippen molar-refractivity contribution in [3.05, 3.63) is 65.9 Å². The number of carbonyl (C=O) groups is 1. The van der Waals surface area contributed by atoms with Gasteiger partial charge in [0.05, 0.1) is 11.1 Å². The van der Waals surface area contributed by atoms with Gasteiger partial charge in [0.15, 0.2) is 0 Å². The molecule has 0 aliphatic carbocycles. The van der Waals surface area contributed by atoms with Crippen LogP contribution in [0, 0.1) is 0 Å². The molecule has 0 atom stereocenters. The number of aryl methyl sites for hydroxylation is 1. The molecule has 134 valence electrons. The number of hydrogen-bond donors (Lipinski definition) is 1. The second-order valence-electron chi connectivity index (χ2n) is 7.05. The lowest BCUT2D eigenvalue weighted by atomic mass is 10.1. The fraction of sp³-hybridized carbons (Fsp3) is 0.318. The third-order valence-corrected chi connectivity index (χ3v) is 5.31. The molecule has 0 spiro atoms. The fourth-order valence-electron chi connectivity index (χ4n) is 3.93. The van der Waals surface area contributed by atoms with E-state index in [2.05, 4.69) is 39.9 Å². The van der Waals surface area contributed by atoms with Gasteiger partial charge < -0.3 is 14.6 Å². The summed E-state index contributed by atoms with van der Waals surface area (Å²) in [6.07, 6.45) is 7.13. The van der Waals surface area contributed by atoms with Crippen molar-refractivity contribution in [3.8, 4) is 5.69 Å². The van der Waals surface area contributed by atoms with Gasteiger partial charge in [0.2, 0.25) is 0 Å². The highest BCUT2D eigenvalue weighted by atomic mass is 16.4. The summed E-state index contributed by atoms with van der Waals surface area (Å²) >= 11 is 0. The number of aromatic nitrogens is 1. The van der Waals surface area contributed by atoms with Crippen molar-refractivity contribution in [2.75, 3.05) is 19.6 Å². The van der Waals surface area contributed by atoms with E-state index in [0.29, 0.717) is 5.56 Å². The van der Waals surface area contributed by atoms with Crippen LogP contribution in [0.25, 0.3) is 16.6 Å². The molecule has 0 amide bonds. The van der Waals surface area contributed by atoms with E-state index in [1.165, 1.54) is 55.4 Å². The number of likely N-dealkylation sites (tertiary alicyclic amines) is 1. The molecule has 4 heteroatoms. The minimum atomic E-state index is -0.892. The minimum absolute atomic E-state index is 0.316. The number of para-hydroxylation sites is 1. The van der Waals surface area contributed by atoms with Gasteiger partial charge in [-0.3, -0.25) is 0 Å². The van der Waals surface area contributed by atoms with Crippen molar-refractivity contribution in [2.45, 2.75) is 25.7 Å². The molecule has 0 saturated carbocycles. The Morgan fingerprint density at radius 1 is 1.00 bits per heavy atom. The van der Waals surface area contributed by atoms with Crippen molar-refractivity contribution >= 4 is 16.9 Å². The molecule has 1 fully saturated rings. The summed E-state index contributed by atoms with van der Waals surface area (Å²) < 4.78 is 2.17. The number of aromatic carboxylic acids is 1. The van der Waals surface area contributed by atoms with Crippen LogP contribution in [0.15, 0.2) is 54.7 Å². The SMILES string of the molecule is O=C(O)c1ccc(-n2cc(CCCN3CCCC3)c3ccccc32)cc1. The van der Waals surface area contributed by atoms with Crippen molar-refractivity contribution in [1.82, 2.24) is 9.47 Å². The fourth-order valence-corrected chi connectivity index (χ4v) is 3.93. The van der Waals surface area contributed by atoms with E-state index in [0.717, 1.165) is 12.1 Å². The second-order valence-corrected chi connectivity index (χ2v) is 7.05. The minimum Gasteiger partial charge on any atom is -0.478 e. The van der Waals surface area contributed by atoms with Gasteiger partial charge in [0.25, 0.3) is 0 Å². The zero-order valence-corrected chi connectivity index (χ0v) is 14.9. The van der Waals surface area contributed by atoms with E-state index in [9.17, 15) is 4.79 Å². The predicted molar refractivity (Wildman–Crippen MR) is 104 cm³/mol. The highest BCUT2D eigenvalue weighted by molar-refractivity contribution is 5.88. The van der Waals surface area contributed by atoms with E-state index < -0.39 is 5.97 Å². The maximum atomic E-state index is 11.1. The summed E-state index contributed by atoms with van der Waals surface area (Å²) in [5.74, 6) is -0.892. The molecule has 1 aliphatic rings. The van der Waals surface area contributed by atoms with Crippen molar-refractivity contribution in [3.63, 3.8) is 0 Å². The molecular weight excluding hydrogens is 324 g/mol. The van der Waals surface area contributed by atoms with Gasteiger partial charge in [-0.15, -0.1) is 0 Å². The Morgan fingerprint density at radius 3 is 2.46 bits per heavy atom. The molecule has 4 rings (SSSR count). The first-order valence-corrected chi connectivity index (χ1v) is 9.37. The quantitative estimate of drug-likeness (QED) is 0.720. The largest absolute Gasteiger partial charge is 0.478 e. The van der Waals surface area contributed by atoms with Crippen LogP contribution in [-0.4, -0.2) is 40.2 Å². The van der Waals surface area contributed by atoms with Crippen molar-refractivity contribution < 1.29 is 9.90 Å². The first kappa shape index (κ1) is 16.9. The Balaban J connectivity index is 1.59. The van der Waals surface area contributed by atoms with Gasteiger partial charge in [0, 0.05) is 17.3 Å². The molecule has 4 nitrogen and oxygen atoms in total. The Bertz CT molecular complexity index is 906. The number of fused-ring (bicyclic) bond motifs is 1. The zero-order chi connectivity index (χ0) is 17.9. The molecule has 1 N–H and O–H groups in total. The van der Waals surface area contributed by atoms with Gasteiger partial charge in [-0.05, 0) is 81.2 Å². The van der Waals surface area contributed by atoms with Crippen molar-refractivity contribution in [2.24, 2.45) is 0 Å². The highest BCUT2D eigenvalue weighted by Gasteiger charge is 2.13. The second kappa shape index (κ2) is 7.34. The van der Waals surface area contributed by atoms with Crippen LogP contribution in [0.4, 0.5) is 0 Å². The average molecular weight is 348 g/mol. The topological polar surface area (TPSA) is 45.5 Å². The summed E-state index contributed by atoms with van der Waals surface area (Å²) in [6, 6.07) is 15.5. The van der Waals surface area contributed by atoms with E-state index >= 15 is 0 Å². The molecule has 2 aromatic carbocycles. The van der Waals surface area contributed by atoms with Crippen LogP contribution in [0.2, 0.25) is 0 Å². The predicted octanol–water partition coefficient (Wildman–Crippen LogP) is 4.36. The molecule has 0 bridgehead atoms. The maximum absolute atomic E-state index is 11.1. The number of benzene rings is 2. The van der Waals surface area contributed by atoms with E-state index in [1.54, 1.807) is 12.1 Å². The van der Waals surface area contributed by atoms with Crippen LogP contribution in [0.5, 0.6) is 0 Å². The Morgan fingerprint density at radius 2 is 1.73 bits per heavy atom. The number of carboxylic acid groups (broad SMARTS) is 1. The Labute approximate surface area is 153 Å². The molecule has 1 saturated heterocycles. The van der Waals surface area contributed by atoms with Crippen LogP contribution >= 0.6 is 0 Å². The number of carboxylic acids is 1. The average Bonchev–Trinajstić information content (AvgIpc) is 3.30. The number of rotatable bonds is 6. The zero-order valence-electron chi connectivity index (χ0n) is 14.9. The number of nitrogens with zero attached hydrogens (tertiary/aromatic N) is 2. The van der Waals surface area contributed by atoms with Crippen LogP contribution in [0.1, 0.15) is 35.2 Å². The standard InChI is InChI=1S/C22H24N2O2/c25-22(26)17-9-11-19(12-10-17)24-16-18(20-7-1-2-8-21(20)24)6-5-15-23-13-3-4-14-23/h1-2,7-12,16H,3-6,13-15H2,(H,25,26). The summed E-state index contributed by atoms with van der Waals surface area (Å²) in [5.41, 5.74) is 3.85. The van der Waals surface area contributed by atoms with Gasteiger partial charge in [0.1, 0.15) is 0 Å². The number of hydrogen-bond acceptors (Lipinski definition) is 2. The normalized spacial score (nSPS) is 14.9. The monoisotopic (exact) mass is 348 g/mol. The molecule has 3 aromatic rings. The molecule has 0 unspecified atom stereocenters. The molecule has 2 heterocycles. The summed E-state index contributed by atoms with van der Waals surface area (Å²) in [6.45, 7) is 3.67. The molecule has 1 aromatic heterocycles. The van der Waals surface area contributed by atoms with Gasteiger partial charge >= 0.3 is 5.97 Å². The first-order valence-electron chi connectivity index (χ1n) is 9.37. The van der Waals surface area contributed by atoms with Crippen molar-refractivity contribution in [1.29, 1.82) is 0 Å². The smallest absolute Gasteiger partial charge is 0.335 e. The van der Waals surface area contributed by atoms with E-state index in [-0.39, 0.29) is 0 Å². The van der Waals surface area contributed by atoms with E-state index in [4.69, 9.17) is 5.11 Å².